The molecule has 3 N–H and O–H groups in total. The standard InChI is InChI=1S/C23H27N5O4/c1-4-27(5-2)18-13-11-16(12-14-18)20(30)26-25-19(29)15-28-21(31)23(3,24-22(28)32)17-9-7-6-8-10-17/h6-14H,4-5,15H2,1-3H3,(H,24,32)(H,25,29)(H,26,30)/t23-/m0/s1. The maximum atomic E-state index is 12.8. The lowest BCUT2D eigenvalue weighted by atomic mass is 9.92. The number of urea groups is 1. The molecule has 168 valence electrons. The molecule has 5 amide bonds. The fourth-order valence-electron chi connectivity index (χ4n) is 3.60. The number of carbonyl (C=O) groups is 4. The molecule has 0 spiro atoms. The second kappa shape index (κ2) is 9.51. The first-order valence-electron chi connectivity index (χ1n) is 10.4. The Morgan fingerprint density at radius 2 is 1.59 bits per heavy atom. The average Bonchev–Trinajstić information content (AvgIpc) is 3.03. The summed E-state index contributed by atoms with van der Waals surface area (Å²) in [6.07, 6.45) is 0. The number of carbonyl (C=O) groups excluding carboxylic acids is 4. The van der Waals surface area contributed by atoms with Gasteiger partial charge in [0.25, 0.3) is 17.7 Å². The maximum Gasteiger partial charge on any atom is 0.325 e. The van der Waals surface area contributed by atoms with Crippen LogP contribution in [0.5, 0.6) is 0 Å². The number of anilines is 1. The van der Waals surface area contributed by atoms with E-state index in [0.29, 0.717) is 11.1 Å². The van der Waals surface area contributed by atoms with Crippen LogP contribution in [0.4, 0.5) is 10.5 Å². The summed E-state index contributed by atoms with van der Waals surface area (Å²) in [4.78, 5) is 52.8. The molecule has 2 aromatic rings. The van der Waals surface area contributed by atoms with Crippen LogP contribution in [-0.4, -0.2) is 48.3 Å². The summed E-state index contributed by atoms with van der Waals surface area (Å²) >= 11 is 0. The van der Waals surface area contributed by atoms with Crippen molar-refractivity contribution in [1.29, 1.82) is 0 Å². The van der Waals surface area contributed by atoms with Gasteiger partial charge in [0.1, 0.15) is 12.1 Å². The third-order valence-electron chi connectivity index (χ3n) is 5.50. The van der Waals surface area contributed by atoms with E-state index in [0.717, 1.165) is 23.7 Å². The molecule has 9 nitrogen and oxygen atoms in total. The van der Waals surface area contributed by atoms with E-state index in [1.807, 2.05) is 26.0 Å². The second-order valence-electron chi connectivity index (χ2n) is 7.53. The predicted octanol–water partition coefficient (Wildman–Crippen LogP) is 1.76. The fourth-order valence-corrected chi connectivity index (χ4v) is 3.60. The summed E-state index contributed by atoms with van der Waals surface area (Å²) < 4.78 is 0. The molecule has 1 saturated heterocycles. The highest BCUT2D eigenvalue weighted by atomic mass is 16.2. The van der Waals surface area contributed by atoms with Gasteiger partial charge in [-0.15, -0.1) is 0 Å². The Bertz CT molecular complexity index is 1000. The molecule has 1 atom stereocenters. The lowest BCUT2D eigenvalue weighted by molar-refractivity contribution is -0.135. The number of nitrogens with zero attached hydrogens (tertiary/aromatic N) is 2. The Labute approximate surface area is 186 Å². The third-order valence-corrected chi connectivity index (χ3v) is 5.50. The van der Waals surface area contributed by atoms with Crippen LogP contribution in [0.25, 0.3) is 0 Å². The molecular formula is C23H27N5O4. The molecule has 1 fully saturated rings. The molecule has 1 heterocycles. The van der Waals surface area contributed by atoms with Gasteiger partial charge in [0.05, 0.1) is 0 Å². The molecule has 9 heteroatoms. The first-order chi connectivity index (χ1) is 15.3. The van der Waals surface area contributed by atoms with Crippen LogP contribution < -0.4 is 21.1 Å². The van der Waals surface area contributed by atoms with E-state index in [-0.39, 0.29) is 0 Å². The molecule has 1 aliphatic heterocycles. The SMILES string of the molecule is CCN(CC)c1ccc(C(=O)NNC(=O)CN2C(=O)N[C@@](C)(c3ccccc3)C2=O)cc1. The van der Waals surface area contributed by atoms with Gasteiger partial charge in [-0.1, -0.05) is 30.3 Å². The summed E-state index contributed by atoms with van der Waals surface area (Å²) in [6, 6.07) is 15.1. The van der Waals surface area contributed by atoms with Crippen LogP contribution >= 0.6 is 0 Å². The fraction of sp³-hybridized carbons (Fsp3) is 0.304. The van der Waals surface area contributed by atoms with E-state index >= 15 is 0 Å². The number of nitrogens with one attached hydrogen (secondary N) is 3. The van der Waals surface area contributed by atoms with Gasteiger partial charge in [0.15, 0.2) is 0 Å². The van der Waals surface area contributed by atoms with Crippen LogP contribution in [0.1, 0.15) is 36.7 Å². The van der Waals surface area contributed by atoms with Crippen molar-refractivity contribution >= 4 is 29.4 Å². The van der Waals surface area contributed by atoms with Crippen LogP contribution in [0.2, 0.25) is 0 Å². The van der Waals surface area contributed by atoms with Gasteiger partial charge >= 0.3 is 6.03 Å². The smallest absolute Gasteiger partial charge is 0.325 e. The minimum absolute atomic E-state index is 0.368. The molecule has 1 aliphatic rings. The van der Waals surface area contributed by atoms with Gasteiger partial charge in [0.2, 0.25) is 0 Å². The number of benzene rings is 2. The highest BCUT2D eigenvalue weighted by Crippen LogP contribution is 2.28. The Balaban J connectivity index is 1.57. The van der Waals surface area contributed by atoms with Crippen LogP contribution in [0.15, 0.2) is 54.6 Å². The lowest BCUT2D eigenvalue weighted by Gasteiger charge is -2.22. The monoisotopic (exact) mass is 437 g/mol. The maximum absolute atomic E-state index is 12.8. The topological polar surface area (TPSA) is 111 Å². The van der Waals surface area contributed by atoms with Crippen molar-refractivity contribution < 1.29 is 19.2 Å². The van der Waals surface area contributed by atoms with Gasteiger partial charge in [-0.2, -0.15) is 0 Å². The van der Waals surface area contributed by atoms with Crippen molar-refractivity contribution in [2.24, 2.45) is 0 Å². The van der Waals surface area contributed by atoms with Crippen molar-refractivity contribution in [2.45, 2.75) is 26.3 Å². The van der Waals surface area contributed by atoms with Gasteiger partial charge in [0, 0.05) is 24.3 Å². The highest BCUT2D eigenvalue weighted by Gasteiger charge is 2.49. The summed E-state index contributed by atoms with van der Waals surface area (Å²) in [5.74, 6) is -1.74. The molecule has 0 radical (unpaired) electrons. The molecule has 0 aliphatic carbocycles. The van der Waals surface area contributed by atoms with Gasteiger partial charge in [-0.05, 0) is 50.6 Å². The molecule has 2 aromatic carbocycles. The van der Waals surface area contributed by atoms with Gasteiger partial charge in [-0.25, -0.2) is 4.79 Å². The normalized spacial score (nSPS) is 17.7. The van der Waals surface area contributed by atoms with Crippen molar-refractivity contribution in [3.63, 3.8) is 0 Å². The van der Waals surface area contributed by atoms with E-state index in [1.165, 1.54) is 0 Å². The molecule has 0 unspecified atom stereocenters. The van der Waals surface area contributed by atoms with Crippen LogP contribution in [0, 0.1) is 0 Å². The van der Waals surface area contributed by atoms with Crippen LogP contribution in [-0.2, 0) is 15.1 Å². The number of hydrogen-bond acceptors (Lipinski definition) is 5. The Kier molecular flexibility index (Phi) is 6.77. The number of hydrazine groups is 1. The lowest BCUT2D eigenvalue weighted by Crippen LogP contribution is -2.48. The summed E-state index contributed by atoms with van der Waals surface area (Å²) in [6.45, 7) is 6.87. The molecule has 3 rings (SSSR count). The van der Waals surface area contributed by atoms with Crippen molar-refractivity contribution in [1.82, 2.24) is 21.1 Å². The number of amides is 5. The zero-order valence-corrected chi connectivity index (χ0v) is 18.3. The zero-order valence-electron chi connectivity index (χ0n) is 18.3. The quantitative estimate of drug-likeness (QED) is 0.452. The third kappa shape index (κ3) is 4.56. The van der Waals surface area contributed by atoms with E-state index in [9.17, 15) is 19.2 Å². The molecule has 0 saturated carbocycles. The molecule has 0 aromatic heterocycles. The number of imide groups is 1. The molecule has 0 bridgehead atoms. The highest BCUT2D eigenvalue weighted by molar-refractivity contribution is 6.09. The van der Waals surface area contributed by atoms with Crippen LogP contribution in [0.3, 0.4) is 0 Å². The number of hydrogen-bond donors (Lipinski definition) is 3. The summed E-state index contributed by atoms with van der Waals surface area (Å²) in [5, 5.41) is 2.63. The van der Waals surface area contributed by atoms with Crippen molar-refractivity contribution in [3.05, 3.63) is 65.7 Å². The summed E-state index contributed by atoms with van der Waals surface area (Å²) in [5.41, 5.74) is 5.29. The molecular weight excluding hydrogens is 410 g/mol. The number of rotatable bonds is 7. The van der Waals surface area contributed by atoms with E-state index < -0.39 is 35.8 Å². The largest absolute Gasteiger partial charge is 0.372 e. The van der Waals surface area contributed by atoms with Gasteiger partial charge < -0.3 is 10.2 Å². The van der Waals surface area contributed by atoms with Crippen molar-refractivity contribution in [3.8, 4) is 0 Å². The Hall–Kier alpha value is -3.88. The van der Waals surface area contributed by atoms with Crippen molar-refractivity contribution in [2.75, 3.05) is 24.5 Å². The first-order valence-corrected chi connectivity index (χ1v) is 10.4. The predicted molar refractivity (Wildman–Crippen MR) is 120 cm³/mol. The van der Waals surface area contributed by atoms with E-state index in [1.54, 1.807) is 49.4 Å². The van der Waals surface area contributed by atoms with E-state index in [4.69, 9.17) is 0 Å². The Morgan fingerprint density at radius 3 is 2.19 bits per heavy atom. The van der Waals surface area contributed by atoms with Gasteiger partial charge in [-0.3, -0.25) is 30.1 Å². The summed E-state index contributed by atoms with van der Waals surface area (Å²) in [7, 11) is 0. The Morgan fingerprint density at radius 1 is 0.969 bits per heavy atom. The zero-order chi connectivity index (χ0) is 23.3. The first kappa shape index (κ1) is 22.8. The van der Waals surface area contributed by atoms with E-state index in [2.05, 4.69) is 21.1 Å². The second-order valence-corrected chi connectivity index (χ2v) is 7.53. The average molecular weight is 438 g/mol. The minimum atomic E-state index is -1.26. The minimum Gasteiger partial charge on any atom is -0.372 e. The molecule has 32 heavy (non-hydrogen) atoms.